The van der Waals surface area contributed by atoms with Crippen LogP contribution in [0.3, 0.4) is 0 Å². The summed E-state index contributed by atoms with van der Waals surface area (Å²) < 4.78 is 43.1. The van der Waals surface area contributed by atoms with E-state index in [1.54, 1.807) is 13.8 Å². The summed E-state index contributed by atoms with van der Waals surface area (Å²) in [5.41, 5.74) is -1.02. The van der Waals surface area contributed by atoms with E-state index in [9.17, 15) is 18.0 Å². The standard InChI is InChI=1S/C12H14F3NO2/c1-3-16-10-6-5-8(11(17)18-4-2)7-9(10)12(13,14)15/h5-7,16H,3-4H2,1-2H3. The van der Waals surface area contributed by atoms with E-state index in [4.69, 9.17) is 0 Å². The van der Waals surface area contributed by atoms with Crippen molar-refractivity contribution < 1.29 is 22.7 Å². The van der Waals surface area contributed by atoms with Crippen LogP contribution in [0.15, 0.2) is 18.2 Å². The van der Waals surface area contributed by atoms with Crippen molar-refractivity contribution in [1.29, 1.82) is 0 Å². The number of anilines is 1. The molecule has 0 aliphatic heterocycles. The zero-order chi connectivity index (χ0) is 13.8. The van der Waals surface area contributed by atoms with Crippen LogP contribution in [-0.4, -0.2) is 19.1 Å². The molecule has 0 atom stereocenters. The van der Waals surface area contributed by atoms with Gasteiger partial charge in [0.15, 0.2) is 0 Å². The van der Waals surface area contributed by atoms with Crippen LogP contribution in [0.4, 0.5) is 18.9 Å². The van der Waals surface area contributed by atoms with Crippen LogP contribution >= 0.6 is 0 Å². The van der Waals surface area contributed by atoms with Gasteiger partial charge in [-0.05, 0) is 32.0 Å². The second-order valence-corrected chi connectivity index (χ2v) is 3.51. The number of hydrogen-bond acceptors (Lipinski definition) is 3. The van der Waals surface area contributed by atoms with E-state index in [2.05, 4.69) is 10.1 Å². The topological polar surface area (TPSA) is 38.3 Å². The van der Waals surface area contributed by atoms with Gasteiger partial charge in [0.2, 0.25) is 0 Å². The molecule has 0 bridgehead atoms. The molecule has 18 heavy (non-hydrogen) atoms. The Balaban J connectivity index is 3.17. The SMILES string of the molecule is CCNc1ccc(C(=O)OCC)cc1C(F)(F)F. The van der Waals surface area contributed by atoms with Crippen LogP contribution < -0.4 is 5.32 Å². The summed E-state index contributed by atoms with van der Waals surface area (Å²) in [6, 6.07) is 3.35. The fourth-order valence-electron chi connectivity index (χ4n) is 1.46. The molecule has 0 radical (unpaired) electrons. The van der Waals surface area contributed by atoms with E-state index in [1.807, 2.05) is 0 Å². The Labute approximate surface area is 103 Å². The zero-order valence-electron chi connectivity index (χ0n) is 10.1. The second kappa shape index (κ2) is 5.75. The van der Waals surface area contributed by atoms with Crippen molar-refractivity contribution in [2.75, 3.05) is 18.5 Å². The van der Waals surface area contributed by atoms with Crippen molar-refractivity contribution in [3.8, 4) is 0 Å². The first-order valence-corrected chi connectivity index (χ1v) is 5.52. The van der Waals surface area contributed by atoms with Gasteiger partial charge in [0, 0.05) is 12.2 Å². The van der Waals surface area contributed by atoms with Crippen LogP contribution in [0.1, 0.15) is 29.8 Å². The molecule has 0 fully saturated rings. The molecule has 100 valence electrons. The van der Waals surface area contributed by atoms with Crippen LogP contribution in [0, 0.1) is 0 Å². The highest BCUT2D eigenvalue weighted by atomic mass is 19.4. The number of benzene rings is 1. The molecule has 0 aliphatic carbocycles. The molecular formula is C12H14F3NO2. The van der Waals surface area contributed by atoms with E-state index < -0.39 is 17.7 Å². The minimum absolute atomic E-state index is 0.0435. The Kier molecular flexibility index (Phi) is 4.58. The molecule has 1 rings (SSSR count). The number of carbonyl (C=O) groups is 1. The Morgan fingerprint density at radius 1 is 1.33 bits per heavy atom. The first-order chi connectivity index (χ1) is 8.40. The van der Waals surface area contributed by atoms with Gasteiger partial charge in [0.25, 0.3) is 0 Å². The average molecular weight is 261 g/mol. The van der Waals surface area contributed by atoms with Gasteiger partial charge in [-0.3, -0.25) is 0 Å². The predicted octanol–water partition coefficient (Wildman–Crippen LogP) is 3.31. The lowest BCUT2D eigenvalue weighted by atomic mass is 10.1. The Morgan fingerprint density at radius 3 is 2.50 bits per heavy atom. The number of nitrogens with one attached hydrogen (secondary N) is 1. The molecule has 6 heteroatoms. The Bertz CT molecular complexity index is 430. The number of alkyl halides is 3. The molecule has 1 N–H and O–H groups in total. The third kappa shape index (κ3) is 3.38. The van der Waals surface area contributed by atoms with E-state index in [-0.39, 0.29) is 17.9 Å². The molecule has 0 aliphatic rings. The van der Waals surface area contributed by atoms with Crippen molar-refractivity contribution >= 4 is 11.7 Å². The third-order valence-electron chi connectivity index (χ3n) is 2.20. The number of rotatable bonds is 4. The molecule has 0 aromatic heterocycles. The number of hydrogen-bond donors (Lipinski definition) is 1. The van der Waals surface area contributed by atoms with Gasteiger partial charge in [0.1, 0.15) is 0 Å². The first-order valence-electron chi connectivity index (χ1n) is 5.52. The molecule has 3 nitrogen and oxygen atoms in total. The number of ether oxygens (including phenoxy) is 1. The summed E-state index contributed by atoms with van der Waals surface area (Å²) >= 11 is 0. The summed E-state index contributed by atoms with van der Waals surface area (Å²) in [4.78, 5) is 11.4. The summed E-state index contributed by atoms with van der Waals surface area (Å²) in [6.45, 7) is 3.77. The van der Waals surface area contributed by atoms with Crippen molar-refractivity contribution in [1.82, 2.24) is 0 Å². The predicted molar refractivity (Wildman–Crippen MR) is 61.6 cm³/mol. The fraction of sp³-hybridized carbons (Fsp3) is 0.417. The third-order valence-corrected chi connectivity index (χ3v) is 2.20. The molecule has 0 unspecified atom stereocenters. The molecule has 0 saturated heterocycles. The molecule has 0 saturated carbocycles. The second-order valence-electron chi connectivity index (χ2n) is 3.51. The molecule has 1 aromatic carbocycles. The van der Waals surface area contributed by atoms with Gasteiger partial charge in [-0.2, -0.15) is 13.2 Å². The van der Waals surface area contributed by atoms with Crippen molar-refractivity contribution in [3.63, 3.8) is 0 Å². The lowest BCUT2D eigenvalue weighted by Crippen LogP contribution is -2.13. The van der Waals surface area contributed by atoms with Gasteiger partial charge < -0.3 is 10.1 Å². The highest BCUT2D eigenvalue weighted by Crippen LogP contribution is 2.35. The normalized spacial score (nSPS) is 11.2. The summed E-state index contributed by atoms with van der Waals surface area (Å²) in [7, 11) is 0. The van der Waals surface area contributed by atoms with Crippen molar-refractivity contribution in [3.05, 3.63) is 29.3 Å². The lowest BCUT2D eigenvalue weighted by Gasteiger charge is -2.14. The number of halogens is 3. The minimum Gasteiger partial charge on any atom is -0.462 e. The largest absolute Gasteiger partial charge is 0.462 e. The highest BCUT2D eigenvalue weighted by Gasteiger charge is 2.34. The molecule has 0 spiro atoms. The smallest absolute Gasteiger partial charge is 0.418 e. The summed E-state index contributed by atoms with van der Waals surface area (Å²) in [6.07, 6.45) is -4.51. The lowest BCUT2D eigenvalue weighted by molar-refractivity contribution is -0.137. The van der Waals surface area contributed by atoms with Crippen molar-refractivity contribution in [2.45, 2.75) is 20.0 Å². The maximum atomic E-state index is 12.8. The van der Waals surface area contributed by atoms with E-state index >= 15 is 0 Å². The monoisotopic (exact) mass is 261 g/mol. The quantitative estimate of drug-likeness (QED) is 0.845. The maximum Gasteiger partial charge on any atom is 0.418 e. The molecule has 1 aromatic rings. The van der Waals surface area contributed by atoms with Crippen LogP contribution in [0.2, 0.25) is 0 Å². The molecular weight excluding hydrogens is 247 g/mol. The Hall–Kier alpha value is -1.72. The fourth-order valence-corrected chi connectivity index (χ4v) is 1.46. The molecule has 0 amide bonds. The van der Waals surface area contributed by atoms with Gasteiger partial charge >= 0.3 is 12.1 Å². The Morgan fingerprint density at radius 2 is 2.00 bits per heavy atom. The summed E-state index contributed by atoms with van der Waals surface area (Å²) in [5, 5.41) is 2.61. The number of esters is 1. The maximum absolute atomic E-state index is 12.8. The zero-order valence-corrected chi connectivity index (χ0v) is 10.1. The van der Waals surface area contributed by atoms with Crippen LogP contribution in [0.5, 0.6) is 0 Å². The number of carbonyl (C=O) groups excluding carboxylic acids is 1. The van der Waals surface area contributed by atoms with Gasteiger partial charge in [-0.15, -0.1) is 0 Å². The molecule has 0 heterocycles. The minimum atomic E-state index is -4.51. The van der Waals surface area contributed by atoms with Crippen molar-refractivity contribution in [2.24, 2.45) is 0 Å². The first kappa shape index (κ1) is 14.3. The van der Waals surface area contributed by atoms with E-state index in [0.29, 0.717) is 6.54 Å². The van der Waals surface area contributed by atoms with Crippen LogP contribution in [0.25, 0.3) is 0 Å². The average Bonchev–Trinajstić information content (AvgIpc) is 2.28. The van der Waals surface area contributed by atoms with Gasteiger partial charge in [0.05, 0.1) is 17.7 Å². The van der Waals surface area contributed by atoms with E-state index in [0.717, 1.165) is 6.07 Å². The highest BCUT2D eigenvalue weighted by molar-refractivity contribution is 5.90. The van der Waals surface area contributed by atoms with E-state index in [1.165, 1.54) is 12.1 Å². The summed E-state index contributed by atoms with van der Waals surface area (Å²) in [5.74, 6) is -0.758. The van der Waals surface area contributed by atoms with Gasteiger partial charge in [-0.1, -0.05) is 0 Å². The van der Waals surface area contributed by atoms with Gasteiger partial charge in [-0.25, -0.2) is 4.79 Å². The van der Waals surface area contributed by atoms with Crippen LogP contribution in [-0.2, 0) is 10.9 Å².